The maximum Gasteiger partial charge on any atom is 0.279 e. The van der Waals surface area contributed by atoms with Crippen molar-refractivity contribution < 1.29 is 22.7 Å². The fourth-order valence-electron chi connectivity index (χ4n) is 3.51. The highest BCUT2D eigenvalue weighted by Crippen LogP contribution is 2.37. The van der Waals surface area contributed by atoms with Crippen molar-refractivity contribution in [2.75, 3.05) is 13.8 Å². The van der Waals surface area contributed by atoms with Gasteiger partial charge < -0.3 is 14.0 Å². The number of hydrogen-bond acceptors (Lipinski definition) is 6. The average molecular weight is 470 g/mol. The van der Waals surface area contributed by atoms with E-state index in [1.54, 1.807) is 11.6 Å². The number of nitrogens with zero attached hydrogens (tertiary/aromatic N) is 3. The molecule has 1 amide bonds. The van der Waals surface area contributed by atoms with E-state index in [1.165, 1.54) is 39.9 Å². The quantitative estimate of drug-likeness (QED) is 0.536. The average Bonchev–Trinajstić information content (AvgIpc) is 3.45. The number of fused-ring (bicyclic) bond motifs is 2. The van der Waals surface area contributed by atoms with E-state index in [0.717, 1.165) is 23.1 Å². The zero-order valence-electron chi connectivity index (χ0n) is 17.1. The molecule has 1 aromatic heterocycles. The van der Waals surface area contributed by atoms with E-state index < -0.39 is 15.9 Å². The number of rotatable bonds is 5. The van der Waals surface area contributed by atoms with Crippen LogP contribution in [0.2, 0.25) is 0 Å². The molecule has 5 rings (SSSR count). The van der Waals surface area contributed by atoms with Gasteiger partial charge in [-0.05, 0) is 37.1 Å². The van der Waals surface area contributed by atoms with Gasteiger partial charge in [-0.3, -0.25) is 4.79 Å². The summed E-state index contributed by atoms with van der Waals surface area (Å²) in [6.45, 7) is 0.399. The summed E-state index contributed by atoms with van der Waals surface area (Å²) in [5.41, 5.74) is 1.09. The zero-order chi connectivity index (χ0) is 22.5. The van der Waals surface area contributed by atoms with E-state index in [1.807, 2.05) is 12.1 Å². The van der Waals surface area contributed by atoms with Gasteiger partial charge in [0.05, 0.1) is 21.7 Å². The largest absolute Gasteiger partial charge is 0.454 e. The summed E-state index contributed by atoms with van der Waals surface area (Å²) >= 11 is 1.32. The van der Waals surface area contributed by atoms with Crippen LogP contribution in [-0.4, -0.2) is 43.1 Å². The number of carbonyl (C=O) groups excluding carboxylic acids is 1. The maximum atomic E-state index is 12.8. The Balaban J connectivity index is 1.49. The Morgan fingerprint density at radius 1 is 1.25 bits per heavy atom. The highest BCUT2D eigenvalue weighted by molar-refractivity contribution is 7.89. The molecule has 2 heterocycles. The monoisotopic (exact) mass is 469 g/mol. The minimum atomic E-state index is -3.57. The Morgan fingerprint density at radius 2 is 1.94 bits per heavy atom. The van der Waals surface area contributed by atoms with Gasteiger partial charge in [0.25, 0.3) is 5.91 Å². The van der Waals surface area contributed by atoms with Crippen molar-refractivity contribution in [1.29, 1.82) is 0 Å². The van der Waals surface area contributed by atoms with Crippen molar-refractivity contribution in [1.82, 2.24) is 8.87 Å². The second-order valence-corrected chi connectivity index (χ2v) is 10.5. The van der Waals surface area contributed by atoms with Crippen molar-refractivity contribution >= 4 is 37.5 Å². The predicted octanol–water partition coefficient (Wildman–Crippen LogP) is 2.59. The molecule has 1 aliphatic carbocycles. The highest BCUT2D eigenvalue weighted by Gasteiger charge is 2.35. The number of sulfonamides is 1. The van der Waals surface area contributed by atoms with Gasteiger partial charge in [-0.25, -0.2) is 8.42 Å². The summed E-state index contributed by atoms with van der Waals surface area (Å²) in [4.78, 5) is 17.7. The lowest BCUT2D eigenvalue weighted by Crippen LogP contribution is -2.28. The molecular weight excluding hydrogens is 450 g/mol. The summed E-state index contributed by atoms with van der Waals surface area (Å²) in [5.74, 6) is 3.36. The van der Waals surface area contributed by atoms with Gasteiger partial charge in [0.1, 0.15) is 0 Å². The molecule has 3 aromatic rings. The molecule has 1 saturated carbocycles. The van der Waals surface area contributed by atoms with Crippen LogP contribution in [0.25, 0.3) is 10.2 Å². The number of terminal acetylenes is 1. The van der Waals surface area contributed by atoms with Gasteiger partial charge in [-0.2, -0.15) is 9.30 Å². The van der Waals surface area contributed by atoms with Crippen LogP contribution in [0, 0.1) is 12.3 Å². The lowest BCUT2D eigenvalue weighted by atomic mass is 10.2. The van der Waals surface area contributed by atoms with E-state index in [4.69, 9.17) is 15.9 Å². The number of hydrogen-bond donors (Lipinski definition) is 0. The molecule has 0 atom stereocenters. The summed E-state index contributed by atoms with van der Waals surface area (Å²) in [6, 6.07) is 9.57. The van der Waals surface area contributed by atoms with Crippen LogP contribution >= 0.6 is 11.3 Å². The number of ether oxygens (including phenoxy) is 2. The van der Waals surface area contributed by atoms with Gasteiger partial charge in [0.2, 0.25) is 16.8 Å². The standard InChI is InChI=1S/C22H19N3O5S2/c1-3-10-25-17-11-18-19(30-13-29-18)12-20(17)31-22(25)23-21(26)14-4-8-16(9-5-14)32(27,28)24(2)15-6-7-15/h1,4-5,8-9,11-12,15H,6-7,10,13H2,2H3. The van der Waals surface area contributed by atoms with Crippen molar-refractivity contribution in [3.05, 3.63) is 46.8 Å². The minimum absolute atomic E-state index is 0.0630. The molecule has 0 N–H and O–H groups in total. The van der Waals surface area contributed by atoms with Crippen LogP contribution in [-0.2, 0) is 16.6 Å². The fraction of sp³-hybridized carbons (Fsp3) is 0.273. The lowest BCUT2D eigenvalue weighted by molar-refractivity contribution is 0.0997. The molecule has 1 fully saturated rings. The number of benzene rings is 2. The van der Waals surface area contributed by atoms with E-state index in [9.17, 15) is 13.2 Å². The topological polar surface area (TPSA) is 90.2 Å². The third-order valence-corrected chi connectivity index (χ3v) is 8.43. The van der Waals surface area contributed by atoms with Gasteiger partial charge in [-0.15, -0.1) is 6.42 Å². The molecule has 0 bridgehead atoms. The van der Waals surface area contributed by atoms with Crippen molar-refractivity contribution in [2.24, 2.45) is 4.99 Å². The van der Waals surface area contributed by atoms with Crippen molar-refractivity contribution in [2.45, 2.75) is 30.3 Å². The van der Waals surface area contributed by atoms with Gasteiger partial charge in [0, 0.05) is 30.8 Å². The zero-order valence-corrected chi connectivity index (χ0v) is 18.8. The molecule has 0 spiro atoms. The number of amides is 1. The number of carbonyl (C=O) groups is 1. The molecule has 0 radical (unpaired) electrons. The second kappa shape index (κ2) is 7.78. The molecule has 8 nitrogen and oxygen atoms in total. The molecule has 32 heavy (non-hydrogen) atoms. The molecular formula is C22H19N3O5S2. The number of thiazole rings is 1. The minimum Gasteiger partial charge on any atom is -0.454 e. The summed E-state index contributed by atoms with van der Waals surface area (Å²) in [6.07, 6.45) is 7.28. The molecule has 2 aliphatic rings. The van der Waals surface area contributed by atoms with Crippen LogP contribution in [0.1, 0.15) is 23.2 Å². The first kappa shape index (κ1) is 20.8. The van der Waals surface area contributed by atoms with Crippen molar-refractivity contribution in [3.8, 4) is 23.8 Å². The molecule has 0 saturated heterocycles. The Morgan fingerprint density at radius 3 is 2.59 bits per heavy atom. The third kappa shape index (κ3) is 3.58. The smallest absolute Gasteiger partial charge is 0.279 e. The van der Waals surface area contributed by atoms with E-state index in [0.29, 0.717) is 16.3 Å². The van der Waals surface area contributed by atoms with Gasteiger partial charge in [0.15, 0.2) is 16.3 Å². The normalized spacial score (nSPS) is 16.0. The Hall–Kier alpha value is -3.13. The summed E-state index contributed by atoms with van der Waals surface area (Å²) in [7, 11) is -1.99. The Kier molecular flexibility index (Phi) is 5.04. The number of aromatic nitrogens is 1. The lowest BCUT2D eigenvalue weighted by Gasteiger charge is -2.16. The van der Waals surface area contributed by atoms with Gasteiger partial charge in [-0.1, -0.05) is 17.3 Å². The van der Waals surface area contributed by atoms with Gasteiger partial charge >= 0.3 is 0 Å². The first-order chi connectivity index (χ1) is 15.4. The van der Waals surface area contributed by atoms with Crippen LogP contribution in [0.5, 0.6) is 11.5 Å². The molecule has 2 aromatic carbocycles. The molecule has 1 aliphatic heterocycles. The van der Waals surface area contributed by atoms with Crippen LogP contribution in [0.4, 0.5) is 0 Å². The van der Waals surface area contributed by atoms with E-state index >= 15 is 0 Å². The van der Waals surface area contributed by atoms with Crippen LogP contribution in [0.3, 0.4) is 0 Å². The molecule has 0 unspecified atom stereocenters. The first-order valence-corrected chi connectivity index (χ1v) is 12.2. The van der Waals surface area contributed by atoms with Crippen LogP contribution < -0.4 is 14.3 Å². The predicted molar refractivity (Wildman–Crippen MR) is 119 cm³/mol. The molecule has 10 heteroatoms. The SMILES string of the molecule is C#CCn1c(=NC(=O)c2ccc(S(=O)(=O)N(C)C3CC3)cc2)sc2cc3c(cc21)OCO3. The summed E-state index contributed by atoms with van der Waals surface area (Å²) < 4.78 is 40.2. The molecule has 164 valence electrons. The third-order valence-electron chi connectivity index (χ3n) is 5.46. The van der Waals surface area contributed by atoms with E-state index in [2.05, 4.69) is 10.9 Å². The fourth-order valence-corrected chi connectivity index (χ4v) is 5.96. The van der Waals surface area contributed by atoms with Crippen LogP contribution in [0.15, 0.2) is 46.3 Å². The summed E-state index contributed by atoms with van der Waals surface area (Å²) in [5, 5.41) is 0. The highest BCUT2D eigenvalue weighted by atomic mass is 32.2. The van der Waals surface area contributed by atoms with Crippen molar-refractivity contribution in [3.63, 3.8) is 0 Å². The van der Waals surface area contributed by atoms with E-state index in [-0.39, 0.29) is 29.8 Å². The second-order valence-electron chi connectivity index (χ2n) is 7.54. The Labute approximate surface area is 188 Å². The maximum absolute atomic E-state index is 12.8. The Bertz CT molecular complexity index is 1440. The first-order valence-electron chi connectivity index (χ1n) is 9.92.